The Kier molecular flexibility index (Phi) is 4.52. The van der Waals surface area contributed by atoms with E-state index in [0.29, 0.717) is 12.2 Å². The second kappa shape index (κ2) is 7.35. The Bertz CT molecular complexity index is 1130. The van der Waals surface area contributed by atoms with Gasteiger partial charge in [0.2, 0.25) is 0 Å². The number of rotatable bonds is 4. The molecule has 9 nitrogen and oxygen atoms in total. The highest BCUT2D eigenvalue weighted by atomic mass is 19.2. The van der Waals surface area contributed by atoms with Crippen LogP contribution in [-0.2, 0) is 4.74 Å². The van der Waals surface area contributed by atoms with Gasteiger partial charge >= 0.3 is 0 Å². The number of nitrogens with zero attached hydrogens (tertiary/aromatic N) is 5. The summed E-state index contributed by atoms with van der Waals surface area (Å²) in [5.41, 5.74) is 13.3. The Labute approximate surface area is 170 Å². The quantitative estimate of drug-likeness (QED) is 0.602. The lowest BCUT2D eigenvalue weighted by atomic mass is 10.1. The lowest BCUT2D eigenvalue weighted by Crippen LogP contribution is -2.42. The zero-order valence-electron chi connectivity index (χ0n) is 15.7. The molecule has 5 rings (SSSR count). The lowest BCUT2D eigenvalue weighted by Gasteiger charge is -2.20. The summed E-state index contributed by atoms with van der Waals surface area (Å²) >= 11 is 0. The van der Waals surface area contributed by atoms with Crippen molar-refractivity contribution >= 4 is 17.3 Å². The van der Waals surface area contributed by atoms with Crippen LogP contribution in [0.3, 0.4) is 0 Å². The molecule has 1 aromatic carbocycles. The summed E-state index contributed by atoms with van der Waals surface area (Å²) in [5, 5.41) is 9.84. The van der Waals surface area contributed by atoms with Crippen molar-refractivity contribution in [3.63, 3.8) is 0 Å². The highest BCUT2D eigenvalue weighted by Gasteiger charge is 2.27. The van der Waals surface area contributed by atoms with Gasteiger partial charge in [0.1, 0.15) is 11.5 Å². The van der Waals surface area contributed by atoms with Crippen LogP contribution >= 0.6 is 0 Å². The van der Waals surface area contributed by atoms with Crippen molar-refractivity contribution in [1.82, 2.24) is 25.8 Å². The largest absolute Gasteiger partial charge is 0.383 e. The van der Waals surface area contributed by atoms with Crippen molar-refractivity contribution in [2.75, 3.05) is 24.0 Å². The molecule has 2 aromatic heterocycles. The molecule has 1 saturated heterocycles. The fourth-order valence-electron chi connectivity index (χ4n) is 3.48. The van der Waals surface area contributed by atoms with Gasteiger partial charge in [0.05, 0.1) is 24.4 Å². The van der Waals surface area contributed by atoms with Crippen molar-refractivity contribution in [3.8, 4) is 11.1 Å². The Balaban J connectivity index is 1.50. The van der Waals surface area contributed by atoms with E-state index in [9.17, 15) is 8.78 Å². The Morgan fingerprint density at radius 3 is 2.93 bits per heavy atom. The van der Waals surface area contributed by atoms with Crippen molar-refractivity contribution in [2.24, 2.45) is 5.10 Å². The van der Waals surface area contributed by atoms with Gasteiger partial charge in [-0.05, 0) is 24.6 Å². The van der Waals surface area contributed by atoms with Crippen molar-refractivity contribution < 1.29 is 13.5 Å². The summed E-state index contributed by atoms with van der Waals surface area (Å²) in [4.78, 5) is 4.26. The van der Waals surface area contributed by atoms with Gasteiger partial charge < -0.3 is 10.5 Å². The standard InChI is InChI=1S/C19H18F2N8O/c20-15-2-1-3-16(17(15)21)29-19(25-26-27-29)14-6-11(7-23-18(14)22)12-8-24-28(9-12)13-4-5-30-10-13/h1-3,6-9,13,26-27H,4-5,10H2,(H2,22,23)/t13-/m1/s1. The van der Waals surface area contributed by atoms with E-state index in [1.165, 1.54) is 17.1 Å². The van der Waals surface area contributed by atoms with Crippen molar-refractivity contribution in [3.05, 3.63) is 60.1 Å². The van der Waals surface area contributed by atoms with Crippen LogP contribution in [0.25, 0.3) is 11.1 Å². The number of halogens is 2. The number of benzene rings is 1. The molecule has 30 heavy (non-hydrogen) atoms. The molecule has 0 saturated carbocycles. The van der Waals surface area contributed by atoms with Crippen LogP contribution in [0.5, 0.6) is 0 Å². The predicted molar refractivity (Wildman–Crippen MR) is 106 cm³/mol. The number of anilines is 2. The lowest BCUT2D eigenvalue weighted by molar-refractivity contribution is 0.184. The third-order valence-electron chi connectivity index (χ3n) is 5.08. The second-order valence-electron chi connectivity index (χ2n) is 6.95. The number of amidine groups is 1. The number of hydrazone groups is 1. The molecule has 4 N–H and O–H groups in total. The molecular weight excluding hydrogens is 394 g/mol. The number of nitrogens with one attached hydrogen (secondary N) is 2. The van der Waals surface area contributed by atoms with Crippen LogP contribution in [0.4, 0.5) is 20.3 Å². The van der Waals surface area contributed by atoms with E-state index in [-0.39, 0.29) is 23.4 Å². The Morgan fingerprint density at radius 1 is 1.20 bits per heavy atom. The van der Waals surface area contributed by atoms with E-state index in [1.54, 1.807) is 18.5 Å². The third kappa shape index (κ3) is 3.13. The molecule has 11 heteroatoms. The minimum absolute atomic E-state index is 0.0439. The fraction of sp³-hybridized carbons (Fsp3) is 0.211. The highest BCUT2D eigenvalue weighted by molar-refractivity contribution is 6.13. The van der Waals surface area contributed by atoms with E-state index in [0.717, 1.165) is 30.2 Å². The molecule has 154 valence electrons. The molecule has 0 bridgehead atoms. The number of hydrazine groups is 2. The van der Waals surface area contributed by atoms with Crippen LogP contribution in [0.1, 0.15) is 18.0 Å². The molecule has 0 radical (unpaired) electrons. The van der Waals surface area contributed by atoms with Gasteiger partial charge in [0.15, 0.2) is 17.5 Å². The number of aromatic nitrogens is 3. The normalized spacial score (nSPS) is 18.5. The van der Waals surface area contributed by atoms with Crippen molar-refractivity contribution in [1.29, 1.82) is 0 Å². The summed E-state index contributed by atoms with van der Waals surface area (Å²) in [6.07, 6.45) is 6.21. The van der Waals surface area contributed by atoms with Crippen LogP contribution in [0.2, 0.25) is 0 Å². The zero-order chi connectivity index (χ0) is 20.7. The maximum atomic E-state index is 14.3. The van der Waals surface area contributed by atoms with Gasteiger partial charge in [-0.15, -0.1) is 10.6 Å². The highest BCUT2D eigenvalue weighted by Crippen LogP contribution is 2.28. The van der Waals surface area contributed by atoms with Gasteiger partial charge in [-0.25, -0.2) is 24.3 Å². The summed E-state index contributed by atoms with van der Waals surface area (Å²) in [6, 6.07) is 5.87. The molecule has 0 spiro atoms. The van der Waals surface area contributed by atoms with Gasteiger partial charge in [0.25, 0.3) is 0 Å². The predicted octanol–water partition coefficient (Wildman–Crippen LogP) is 1.96. The Hall–Kier alpha value is -3.57. The van der Waals surface area contributed by atoms with Gasteiger partial charge in [-0.3, -0.25) is 4.68 Å². The minimum Gasteiger partial charge on any atom is -0.383 e. The van der Waals surface area contributed by atoms with E-state index >= 15 is 0 Å². The van der Waals surface area contributed by atoms with E-state index in [2.05, 4.69) is 26.3 Å². The molecule has 0 unspecified atom stereocenters. The van der Waals surface area contributed by atoms with Crippen molar-refractivity contribution in [2.45, 2.75) is 12.5 Å². The minimum atomic E-state index is -1.01. The van der Waals surface area contributed by atoms with Crippen LogP contribution in [0, 0.1) is 11.6 Å². The molecule has 1 fully saturated rings. The number of nitrogen functional groups attached to an aromatic ring is 1. The summed E-state index contributed by atoms with van der Waals surface area (Å²) < 4.78 is 35.3. The topological polar surface area (TPSA) is 106 Å². The van der Waals surface area contributed by atoms with Gasteiger partial charge in [-0.1, -0.05) is 6.07 Å². The number of pyridine rings is 1. The monoisotopic (exact) mass is 412 g/mol. The van der Waals surface area contributed by atoms with Crippen LogP contribution < -0.4 is 21.8 Å². The SMILES string of the molecule is Nc1ncc(-c2cnn([C@@H]3CCOC3)c2)cc1C1=NNNN1c1cccc(F)c1F. The smallest absolute Gasteiger partial charge is 0.184 e. The maximum Gasteiger partial charge on any atom is 0.184 e. The average Bonchev–Trinajstić information content (AvgIpc) is 3.51. The number of hydrogen-bond donors (Lipinski definition) is 3. The van der Waals surface area contributed by atoms with E-state index < -0.39 is 11.6 Å². The van der Waals surface area contributed by atoms with Crippen LogP contribution in [-0.4, -0.2) is 33.8 Å². The second-order valence-corrected chi connectivity index (χ2v) is 6.95. The fourth-order valence-corrected chi connectivity index (χ4v) is 3.48. The number of nitrogens with two attached hydrogens (primary N) is 1. The average molecular weight is 412 g/mol. The molecule has 2 aliphatic rings. The summed E-state index contributed by atoms with van der Waals surface area (Å²) in [5.74, 6) is -1.53. The molecule has 2 aliphatic heterocycles. The first-order valence-corrected chi connectivity index (χ1v) is 9.32. The summed E-state index contributed by atoms with van der Waals surface area (Å²) in [6.45, 7) is 1.36. The molecular formula is C19H18F2N8O. The summed E-state index contributed by atoms with van der Waals surface area (Å²) in [7, 11) is 0. The number of hydrogen-bond acceptors (Lipinski definition) is 8. The van der Waals surface area contributed by atoms with Crippen LogP contribution in [0.15, 0.2) is 48.0 Å². The third-order valence-corrected chi connectivity index (χ3v) is 5.08. The van der Waals surface area contributed by atoms with Gasteiger partial charge in [0, 0.05) is 30.1 Å². The first-order chi connectivity index (χ1) is 14.6. The number of ether oxygens (including phenoxy) is 1. The Morgan fingerprint density at radius 2 is 2.10 bits per heavy atom. The van der Waals surface area contributed by atoms with E-state index in [4.69, 9.17) is 10.5 Å². The molecule has 1 atom stereocenters. The first kappa shape index (κ1) is 18.5. The zero-order valence-corrected chi connectivity index (χ0v) is 15.7. The molecule has 0 amide bonds. The van der Waals surface area contributed by atoms with E-state index in [1.807, 2.05) is 10.9 Å². The maximum absolute atomic E-state index is 14.3. The molecule has 4 heterocycles. The van der Waals surface area contributed by atoms with Gasteiger partial charge in [-0.2, -0.15) is 5.10 Å². The molecule has 0 aliphatic carbocycles. The molecule has 3 aromatic rings. The first-order valence-electron chi connectivity index (χ1n) is 9.32.